The van der Waals surface area contributed by atoms with Crippen LogP contribution >= 0.6 is 11.3 Å². The number of thiophene rings is 1. The molecule has 1 aromatic heterocycles. The molecule has 2 heteroatoms. The fraction of sp³-hybridized carbons (Fsp3) is 0. The van der Waals surface area contributed by atoms with Gasteiger partial charge in [-0.25, -0.2) is 0 Å². The number of benzene rings is 9. The predicted octanol–water partition coefficient (Wildman–Crippen LogP) is 15.3. The molecule has 9 aromatic carbocycles. The van der Waals surface area contributed by atoms with Crippen molar-refractivity contribution < 1.29 is 0 Å². The van der Waals surface area contributed by atoms with E-state index in [1.54, 1.807) is 0 Å². The van der Waals surface area contributed by atoms with Gasteiger partial charge in [0.1, 0.15) is 0 Å². The molecule has 0 unspecified atom stereocenters. The fourth-order valence-corrected chi connectivity index (χ4v) is 9.09. The largest absolute Gasteiger partial charge is 0.309 e. The number of hydrogen-bond donors (Lipinski definition) is 0. The highest BCUT2D eigenvalue weighted by molar-refractivity contribution is 7.26. The van der Waals surface area contributed by atoms with Gasteiger partial charge >= 0.3 is 0 Å². The minimum atomic E-state index is 1.11. The van der Waals surface area contributed by atoms with E-state index in [0.717, 1.165) is 17.1 Å². The van der Waals surface area contributed by atoms with Gasteiger partial charge in [0.15, 0.2) is 0 Å². The van der Waals surface area contributed by atoms with E-state index in [4.69, 9.17) is 0 Å². The molecule has 0 amide bonds. The summed E-state index contributed by atoms with van der Waals surface area (Å²) < 4.78 is 2.62. The lowest BCUT2D eigenvalue weighted by Gasteiger charge is -2.29. The Bertz CT molecular complexity index is 2860. The van der Waals surface area contributed by atoms with Crippen molar-refractivity contribution in [2.24, 2.45) is 0 Å². The lowest BCUT2D eigenvalue weighted by molar-refractivity contribution is 1.30. The second-order valence-corrected chi connectivity index (χ2v) is 14.8. The van der Waals surface area contributed by atoms with Crippen molar-refractivity contribution in [3.8, 4) is 44.5 Å². The number of para-hydroxylation sites is 1. The Morgan fingerprint density at radius 1 is 0.315 bits per heavy atom. The molecular weight excluding hydrogens is 671 g/mol. The van der Waals surface area contributed by atoms with E-state index in [-0.39, 0.29) is 0 Å². The number of nitrogens with zero attached hydrogens (tertiary/aromatic N) is 1. The van der Waals surface area contributed by atoms with Crippen LogP contribution in [0.1, 0.15) is 0 Å². The van der Waals surface area contributed by atoms with Crippen LogP contribution in [0, 0.1) is 0 Å². The van der Waals surface area contributed by atoms with Gasteiger partial charge in [-0.1, -0.05) is 164 Å². The molecule has 1 nitrogen and oxygen atoms in total. The second kappa shape index (κ2) is 13.7. The first kappa shape index (κ1) is 32.0. The minimum absolute atomic E-state index is 1.11. The monoisotopic (exact) mass is 705 g/mol. The van der Waals surface area contributed by atoms with E-state index in [2.05, 4.69) is 217 Å². The van der Waals surface area contributed by atoms with Crippen LogP contribution in [0.3, 0.4) is 0 Å². The Balaban J connectivity index is 1.15. The zero-order valence-corrected chi connectivity index (χ0v) is 30.4. The van der Waals surface area contributed by atoms with Crippen LogP contribution in [-0.4, -0.2) is 0 Å². The van der Waals surface area contributed by atoms with Crippen molar-refractivity contribution in [2.45, 2.75) is 0 Å². The molecule has 0 N–H and O–H groups in total. The summed E-state index contributed by atoms with van der Waals surface area (Å²) in [4.78, 5) is 2.45. The number of hydrogen-bond acceptors (Lipinski definition) is 2. The lowest BCUT2D eigenvalue weighted by atomic mass is 9.93. The number of anilines is 3. The van der Waals surface area contributed by atoms with Gasteiger partial charge in [-0.3, -0.25) is 0 Å². The van der Waals surface area contributed by atoms with Gasteiger partial charge < -0.3 is 4.90 Å². The topological polar surface area (TPSA) is 3.24 Å². The summed E-state index contributed by atoms with van der Waals surface area (Å²) in [7, 11) is 0. The zero-order chi connectivity index (χ0) is 35.8. The van der Waals surface area contributed by atoms with Crippen molar-refractivity contribution in [3.05, 3.63) is 212 Å². The molecule has 254 valence electrons. The quantitative estimate of drug-likeness (QED) is 0.160. The average molecular weight is 706 g/mol. The maximum atomic E-state index is 2.45. The van der Waals surface area contributed by atoms with Crippen molar-refractivity contribution in [1.29, 1.82) is 0 Å². The van der Waals surface area contributed by atoms with Gasteiger partial charge in [0.25, 0.3) is 0 Å². The van der Waals surface area contributed by atoms with Crippen LogP contribution in [0.2, 0.25) is 0 Å². The first-order valence-corrected chi connectivity index (χ1v) is 19.2. The predicted molar refractivity (Wildman–Crippen MR) is 233 cm³/mol. The molecule has 1 heterocycles. The second-order valence-electron chi connectivity index (χ2n) is 13.7. The highest BCUT2D eigenvalue weighted by atomic mass is 32.1. The zero-order valence-electron chi connectivity index (χ0n) is 29.6. The summed E-state index contributed by atoms with van der Waals surface area (Å²) in [6.45, 7) is 0. The van der Waals surface area contributed by atoms with Crippen LogP contribution in [0.15, 0.2) is 212 Å². The van der Waals surface area contributed by atoms with Gasteiger partial charge in [0.2, 0.25) is 0 Å². The molecule has 0 spiro atoms. The first-order chi connectivity index (χ1) is 26.8. The van der Waals surface area contributed by atoms with Crippen LogP contribution in [0.25, 0.3) is 75.5 Å². The lowest BCUT2D eigenvalue weighted by Crippen LogP contribution is -2.11. The fourth-order valence-electron chi connectivity index (χ4n) is 7.86. The van der Waals surface area contributed by atoms with E-state index in [9.17, 15) is 0 Å². The summed E-state index contributed by atoms with van der Waals surface area (Å²) in [5.74, 6) is 0. The summed E-state index contributed by atoms with van der Waals surface area (Å²) in [6.07, 6.45) is 0. The maximum Gasteiger partial charge on any atom is 0.0540 e. The summed E-state index contributed by atoms with van der Waals surface area (Å²) in [6, 6.07) is 77.1. The average Bonchev–Trinajstić information content (AvgIpc) is 3.64. The minimum Gasteiger partial charge on any atom is -0.309 e. The van der Waals surface area contributed by atoms with Crippen molar-refractivity contribution in [3.63, 3.8) is 0 Å². The summed E-state index contributed by atoms with van der Waals surface area (Å²) >= 11 is 1.88. The highest BCUT2D eigenvalue weighted by Gasteiger charge is 2.21. The van der Waals surface area contributed by atoms with Crippen LogP contribution in [0.5, 0.6) is 0 Å². The van der Waals surface area contributed by atoms with E-state index < -0.39 is 0 Å². The van der Waals surface area contributed by atoms with Crippen molar-refractivity contribution in [2.75, 3.05) is 4.90 Å². The third-order valence-corrected chi connectivity index (χ3v) is 11.7. The van der Waals surface area contributed by atoms with E-state index in [1.165, 1.54) is 75.5 Å². The standard InChI is InChI=1S/C52H35NS/c1-3-15-36(16-4-1)40-33-41(37-17-5-2-6-18-37)35-42(34-40)38-29-31-43(32-30-38)53(49-27-13-20-39-19-7-8-21-44(39)49)50-26-11-9-22-45(50)47-24-14-25-48-46-23-10-12-28-51(46)54-52(47)48/h1-35H. The SMILES string of the molecule is c1ccc(-c2cc(-c3ccccc3)cc(-c3ccc(N(c4ccccc4-c4cccc5c4sc4ccccc45)c4cccc5ccccc45)cc3)c2)cc1. The Hall–Kier alpha value is -6.74. The molecule has 0 aliphatic rings. The van der Waals surface area contributed by atoms with Crippen molar-refractivity contribution in [1.82, 2.24) is 0 Å². The molecule has 0 saturated carbocycles. The van der Waals surface area contributed by atoms with Gasteiger partial charge in [-0.15, -0.1) is 11.3 Å². The Labute approximate surface area is 319 Å². The Morgan fingerprint density at radius 3 is 1.54 bits per heavy atom. The molecule has 0 aliphatic carbocycles. The molecule has 10 aromatic rings. The molecule has 0 radical (unpaired) electrons. The third-order valence-electron chi connectivity index (χ3n) is 10.5. The van der Waals surface area contributed by atoms with Crippen LogP contribution in [-0.2, 0) is 0 Å². The molecule has 0 atom stereocenters. The normalized spacial score (nSPS) is 11.3. The summed E-state index contributed by atoms with van der Waals surface area (Å²) in [5.41, 5.74) is 13.0. The molecule has 0 fully saturated rings. The van der Waals surface area contributed by atoms with Gasteiger partial charge in [-0.2, -0.15) is 0 Å². The van der Waals surface area contributed by atoms with Gasteiger partial charge in [0.05, 0.1) is 11.4 Å². The number of rotatable bonds is 7. The Morgan fingerprint density at radius 2 is 0.815 bits per heavy atom. The van der Waals surface area contributed by atoms with Crippen molar-refractivity contribution >= 4 is 59.3 Å². The first-order valence-electron chi connectivity index (χ1n) is 18.4. The Kier molecular flexibility index (Phi) is 8.09. The maximum absolute atomic E-state index is 2.45. The summed E-state index contributed by atoms with van der Waals surface area (Å²) in [5, 5.41) is 5.04. The molecule has 0 bridgehead atoms. The molecule has 54 heavy (non-hydrogen) atoms. The highest BCUT2D eigenvalue weighted by Crippen LogP contribution is 2.47. The third kappa shape index (κ3) is 5.74. The molecular formula is C52H35NS. The van der Waals surface area contributed by atoms with Gasteiger partial charge in [-0.05, 0) is 87.3 Å². The molecule has 0 aliphatic heterocycles. The van der Waals surface area contributed by atoms with E-state index in [0.29, 0.717) is 0 Å². The van der Waals surface area contributed by atoms with Crippen LogP contribution in [0.4, 0.5) is 17.1 Å². The van der Waals surface area contributed by atoms with E-state index >= 15 is 0 Å². The van der Waals surface area contributed by atoms with Crippen LogP contribution < -0.4 is 4.90 Å². The smallest absolute Gasteiger partial charge is 0.0540 e. The molecule has 10 rings (SSSR count). The van der Waals surface area contributed by atoms with E-state index in [1.807, 2.05) is 11.3 Å². The van der Waals surface area contributed by atoms with Gasteiger partial charge in [0, 0.05) is 42.4 Å². The molecule has 0 saturated heterocycles. The number of fused-ring (bicyclic) bond motifs is 4.